The Labute approximate surface area is 129 Å². The van der Waals surface area contributed by atoms with Crippen LogP contribution in [0.25, 0.3) is 6.08 Å². The summed E-state index contributed by atoms with van der Waals surface area (Å²) >= 11 is 0. The Morgan fingerprint density at radius 1 is 1.27 bits per heavy atom. The Bertz CT molecular complexity index is 670. The summed E-state index contributed by atoms with van der Waals surface area (Å²) in [4.78, 5) is 16.6. The zero-order chi connectivity index (χ0) is 15.4. The lowest BCUT2D eigenvalue weighted by atomic mass is 9.96. The van der Waals surface area contributed by atoms with Gasteiger partial charge in [-0.25, -0.2) is 0 Å². The molecular weight excluding hydrogens is 278 g/mol. The van der Waals surface area contributed by atoms with Gasteiger partial charge >= 0.3 is 0 Å². The van der Waals surface area contributed by atoms with Gasteiger partial charge in [0.2, 0.25) is 11.8 Å². The molecule has 5 heteroatoms. The monoisotopic (exact) mass is 297 g/mol. The molecule has 22 heavy (non-hydrogen) atoms. The van der Waals surface area contributed by atoms with E-state index in [2.05, 4.69) is 15.5 Å². The number of nitrogens with one attached hydrogen (secondary N) is 1. The average molecular weight is 297 g/mol. The Kier molecular flexibility index (Phi) is 4.04. The van der Waals surface area contributed by atoms with Crippen molar-refractivity contribution in [3.63, 3.8) is 0 Å². The molecule has 0 atom stereocenters. The SMILES string of the molecule is Cc1nc(C2(NC(=O)/C=C/c3ccccc3)CCCC2)no1. The number of aromatic nitrogens is 2. The predicted octanol–water partition coefficient (Wildman–Crippen LogP) is 2.98. The van der Waals surface area contributed by atoms with Crippen molar-refractivity contribution >= 4 is 12.0 Å². The highest BCUT2D eigenvalue weighted by Crippen LogP contribution is 2.37. The molecular formula is C17H19N3O2. The largest absolute Gasteiger partial charge is 0.340 e. The predicted molar refractivity (Wildman–Crippen MR) is 82.8 cm³/mol. The number of nitrogens with zero attached hydrogens (tertiary/aromatic N) is 2. The third kappa shape index (κ3) is 3.08. The van der Waals surface area contributed by atoms with Gasteiger partial charge in [-0.2, -0.15) is 4.98 Å². The van der Waals surface area contributed by atoms with Crippen LogP contribution >= 0.6 is 0 Å². The number of carbonyl (C=O) groups is 1. The molecule has 1 N–H and O–H groups in total. The summed E-state index contributed by atoms with van der Waals surface area (Å²) in [6.07, 6.45) is 7.15. The molecule has 1 aliphatic carbocycles. The normalized spacial score (nSPS) is 17.0. The fourth-order valence-electron chi connectivity index (χ4n) is 2.89. The fraction of sp³-hybridized carbons (Fsp3) is 0.353. The Balaban J connectivity index is 1.74. The molecule has 0 unspecified atom stereocenters. The van der Waals surface area contributed by atoms with Crippen molar-refractivity contribution in [2.24, 2.45) is 0 Å². The first kappa shape index (κ1) is 14.5. The number of carbonyl (C=O) groups excluding carboxylic acids is 1. The standard InChI is InChI=1S/C17H19N3O2/c1-13-18-16(20-22-13)17(11-5-6-12-17)19-15(21)10-9-14-7-3-2-4-8-14/h2-4,7-10H,5-6,11-12H2,1H3,(H,19,21)/b10-9+. The number of aryl methyl sites for hydroxylation is 1. The molecule has 1 heterocycles. The molecule has 0 aliphatic heterocycles. The summed E-state index contributed by atoms with van der Waals surface area (Å²) in [7, 11) is 0. The van der Waals surface area contributed by atoms with Crippen LogP contribution < -0.4 is 5.32 Å². The van der Waals surface area contributed by atoms with E-state index in [-0.39, 0.29) is 5.91 Å². The van der Waals surface area contributed by atoms with E-state index in [1.165, 1.54) is 0 Å². The zero-order valence-corrected chi connectivity index (χ0v) is 12.6. The molecule has 3 rings (SSSR count). The minimum absolute atomic E-state index is 0.131. The van der Waals surface area contributed by atoms with Gasteiger partial charge in [0.25, 0.3) is 0 Å². The molecule has 1 aromatic heterocycles. The van der Waals surface area contributed by atoms with E-state index in [1.54, 1.807) is 19.1 Å². The van der Waals surface area contributed by atoms with Crippen LogP contribution in [0.2, 0.25) is 0 Å². The quantitative estimate of drug-likeness (QED) is 0.881. The molecule has 1 aliphatic rings. The van der Waals surface area contributed by atoms with Crippen molar-refractivity contribution in [2.45, 2.75) is 38.1 Å². The Morgan fingerprint density at radius 3 is 2.64 bits per heavy atom. The lowest BCUT2D eigenvalue weighted by Crippen LogP contribution is -2.44. The van der Waals surface area contributed by atoms with Crippen LogP contribution in [0.4, 0.5) is 0 Å². The van der Waals surface area contributed by atoms with Gasteiger partial charge in [0.1, 0.15) is 5.54 Å². The van der Waals surface area contributed by atoms with Crippen molar-refractivity contribution in [1.29, 1.82) is 0 Å². The molecule has 1 saturated carbocycles. The fourth-order valence-corrected chi connectivity index (χ4v) is 2.89. The van der Waals surface area contributed by atoms with Gasteiger partial charge in [-0.05, 0) is 24.5 Å². The summed E-state index contributed by atoms with van der Waals surface area (Å²) < 4.78 is 5.08. The average Bonchev–Trinajstić information content (AvgIpc) is 3.16. The highest BCUT2D eigenvalue weighted by Gasteiger charge is 2.40. The van der Waals surface area contributed by atoms with Crippen LogP contribution in [0.1, 0.15) is 43.0 Å². The van der Waals surface area contributed by atoms with Crippen LogP contribution in [-0.2, 0) is 10.3 Å². The number of hydrogen-bond acceptors (Lipinski definition) is 4. The van der Waals surface area contributed by atoms with E-state index < -0.39 is 5.54 Å². The van der Waals surface area contributed by atoms with Gasteiger partial charge in [-0.15, -0.1) is 0 Å². The van der Waals surface area contributed by atoms with Crippen molar-refractivity contribution in [3.8, 4) is 0 Å². The first-order valence-electron chi connectivity index (χ1n) is 7.54. The van der Waals surface area contributed by atoms with Gasteiger partial charge in [0.05, 0.1) is 0 Å². The molecule has 114 valence electrons. The molecule has 0 spiro atoms. The highest BCUT2D eigenvalue weighted by atomic mass is 16.5. The first-order chi connectivity index (χ1) is 10.7. The summed E-state index contributed by atoms with van der Waals surface area (Å²) in [6.45, 7) is 1.76. The number of hydrogen-bond donors (Lipinski definition) is 1. The van der Waals surface area contributed by atoms with E-state index in [9.17, 15) is 4.79 Å². The van der Waals surface area contributed by atoms with Gasteiger partial charge < -0.3 is 9.84 Å². The van der Waals surface area contributed by atoms with Crippen LogP contribution in [0.3, 0.4) is 0 Å². The van der Waals surface area contributed by atoms with E-state index >= 15 is 0 Å². The molecule has 2 aromatic rings. The van der Waals surface area contributed by atoms with Gasteiger partial charge in [0, 0.05) is 13.0 Å². The van der Waals surface area contributed by atoms with Gasteiger partial charge in [0.15, 0.2) is 5.82 Å². The van der Waals surface area contributed by atoms with Crippen molar-refractivity contribution in [1.82, 2.24) is 15.5 Å². The second-order valence-corrected chi connectivity index (χ2v) is 5.66. The third-order valence-corrected chi connectivity index (χ3v) is 4.00. The van der Waals surface area contributed by atoms with Crippen LogP contribution in [0, 0.1) is 6.92 Å². The summed E-state index contributed by atoms with van der Waals surface area (Å²) in [6, 6.07) is 9.75. The maximum absolute atomic E-state index is 12.3. The second-order valence-electron chi connectivity index (χ2n) is 5.66. The second kappa shape index (κ2) is 6.13. The van der Waals surface area contributed by atoms with E-state index in [1.807, 2.05) is 30.3 Å². The molecule has 0 saturated heterocycles. The molecule has 0 bridgehead atoms. The maximum Gasteiger partial charge on any atom is 0.244 e. The van der Waals surface area contributed by atoms with E-state index in [0.29, 0.717) is 11.7 Å². The lowest BCUT2D eigenvalue weighted by molar-refractivity contribution is -0.118. The van der Waals surface area contributed by atoms with Crippen LogP contribution in [-0.4, -0.2) is 16.0 Å². The zero-order valence-electron chi connectivity index (χ0n) is 12.6. The first-order valence-corrected chi connectivity index (χ1v) is 7.54. The Morgan fingerprint density at radius 2 is 2.00 bits per heavy atom. The molecule has 1 amide bonds. The molecule has 1 fully saturated rings. The summed E-state index contributed by atoms with van der Waals surface area (Å²) in [5, 5.41) is 7.10. The molecule has 0 radical (unpaired) electrons. The van der Waals surface area contributed by atoms with Crippen LogP contribution in [0.15, 0.2) is 40.9 Å². The minimum atomic E-state index is -0.490. The Hall–Kier alpha value is -2.43. The van der Waals surface area contributed by atoms with E-state index in [4.69, 9.17) is 4.52 Å². The molecule has 5 nitrogen and oxygen atoms in total. The topological polar surface area (TPSA) is 68.0 Å². The van der Waals surface area contributed by atoms with Gasteiger partial charge in [-0.3, -0.25) is 4.79 Å². The maximum atomic E-state index is 12.3. The summed E-state index contributed by atoms with van der Waals surface area (Å²) in [5.41, 5.74) is 0.504. The van der Waals surface area contributed by atoms with Crippen molar-refractivity contribution in [2.75, 3.05) is 0 Å². The summed E-state index contributed by atoms with van der Waals surface area (Å²) in [5.74, 6) is 0.979. The third-order valence-electron chi connectivity index (χ3n) is 4.00. The number of benzene rings is 1. The van der Waals surface area contributed by atoms with Crippen molar-refractivity contribution < 1.29 is 9.32 Å². The lowest BCUT2D eigenvalue weighted by Gasteiger charge is -2.25. The number of amides is 1. The smallest absolute Gasteiger partial charge is 0.244 e. The van der Waals surface area contributed by atoms with E-state index in [0.717, 1.165) is 31.2 Å². The number of rotatable bonds is 4. The molecule has 1 aromatic carbocycles. The highest BCUT2D eigenvalue weighted by molar-refractivity contribution is 5.92. The van der Waals surface area contributed by atoms with Crippen LogP contribution in [0.5, 0.6) is 0 Å². The minimum Gasteiger partial charge on any atom is -0.340 e. The van der Waals surface area contributed by atoms with Gasteiger partial charge in [-0.1, -0.05) is 48.3 Å². The van der Waals surface area contributed by atoms with Crippen molar-refractivity contribution in [3.05, 3.63) is 53.7 Å².